The van der Waals surface area contributed by atoms with E-state index in [2.05, 4.69) is 0 Å². The first-order valence-electron chi connectivity index (χ1n) is 6.55. The van der Waals surface area contributed by atoms with E-state index in [-0.39, 0.29) is 31.3 Å². The summed E-state index contributed by atoms with van der Waals surface area (Å²) >= 11 is 0. The molecular weight excluding hydrogens is 252 g/mol. The van der Waals surface area contributed by atoms with Crippen LogP contribution >= 0.6 is 0 Å². The summed E-state index contributed by atoms with van der Waals surface area (Å²) in [5.74, 6) is -1.000. The van der Waals surface area contributed by atoms with E-state index >= 15 is 0 Å². The number of ether oxygens (including phenoxy) is 1. The maximum atomic E-state index is 12.4. The van der Waals surface area contributed by atoms with Crippen molar-refractivity contribution in [3.05, 3.63) is 0 Å². The molecule has 1 aliphatic heterocycles. The lowest BCUT2D eigenvalue weighted by molar-refractivity contribution is -0.138. The molecule has 0 spiro atoms. The van der Waals surface area contributed by atoms with E-state index in [9.17, 15) is 9.59 Å². The zero-order valence-electron chi connectivity index (χ0n) is 11.0. The SMILES string of the molecule is CC1CN(C(=O)N(CC(=O)O)C2CC2)CC(CO)O1. The number of carbonyl (C=O) groups excluding carboxylic acids is 1. The van der Waals surface area contributed by atoms with Crippen LogP contribution in [0.25, 0.3) is 0 Å². The largest absolute Gasteiger partial charge is 0.480 e. The van der Waals surface area contributed by atoms with Gasteiger partial charge >= 0.3 is 12.0 Å². The van der Waals surface area contributed by atoms with Crippen molar-refractivity contribution in [2.24, 2.45) is 0 Å². The number of rotatable bonds is 4. The molecule has 2 atom stereocenters. The van der Waals surface area contributed by atoms with Crippen molar-refractivity contribution in [1.82, 2.24) is 9.80 Å². The van der Waals surface area contributed by atoms with E-state index in [1.807, 2.05) is 6.92 Å². The van der Waals surface area contributed by atoms with Crippen LogP contribution in [0.3, 0.4) is 0 Å². The molecule has 0 aromatic carbocycles. The number of carbonyl (C=O) groups is 2. The Hall–Kier alpha value is -1.34. The van der Waals surface area contributed by atoms with E-state index < -0.39 is 12.1 Å². The topological polar surface area (TPSA) is 90.3 Å². The molecule has 2 amide bonds. The van der Waals surface area contributed by atoms with Crippen LogP contribution < -0.4 is 0 Å². The van der Waals surface area contributed by atoms with Crippen LogP contribution in [-0.4, -0.2) is 76.5 Å². The maximum Gasteiger partial charge on any atom is 0.323 e. The summed E-state index contributed by atoms with van der Waals surface area (Å²) in [6.07, 6.45) is 1.18. The molecule has 1 heterocycles. The van der Waals surface area contributed by atoms with Gasteiger partial charge in [0, 0.05) is 12.6 Å². The number of amides is 2. The van der Waals surface area contributed by atoms with Gasteiger partial charge in [-0.1, -0.05) is 0 Å². The monoisotopic (exact) mass is 272 g/mol. The minimum atomic E-state index is -1.000. The Morgan fingerprint density at radius 2 is 2.05 bits per heavy atom. The van der Waals surface area contributed by atoms with Crippen molar-refractivity contribution in [3.8, 4) is 0 Å². The maximum absolute atomic E-state index is 12.4. The fourth-order valence-electron chi connectivity index (χ4n) is 2.37. The third-order valence-corrected chi connectivity index (χ3v) is 3.34. The van der Waals surface area contributed by atoms with E-state index in [0.29, 0.717) is 13.1 Å². The average Bonchev–Trinajstić information content (AvgIpc) is 3.18. The molecule has 2 rings (SSSR count). The molecule has 19 heavy (non-hydrogen) atoms. The molecule has 0 bridgehead atoms. The van der Waals surface area contributed by atoms with Gasteiger partial charge in [-0.3, -0.25) is 4.79 Å². The second-order valence-electron chi connectivity index (χ2n) is 5.19. The Bertz CT molecular complexity index is 358. The number of carboxylic acid groups (broad SMARTS) is 1. The number of carboxylic acids is 1. The van der Waals surface area contributed by atoms with E-state index in [1.165, 1.54) is 4.90 Å². The van der Waals surface area contributed by atoms with Gasteiger partial charge in [-0.2, -0.15) is 0 Å². The Labute approximate surface area is 111 Å². The highest BCUT2D eigenvalue weighted by Gasteiger charge is 2.38. The fraction of sp³-hybridized carbons (Fsp3) is 0.833. The quantitative estimate of drug-likeness (QED) is 0.735. The van der Waals surface area contributed by atoms with E-state index in [1.54, 1.807) is 4.90 Å². The van der Waals surface area contributed by atoms with Gasteiger partial charge in [0.15, 0.2) is 0 Å². The minimum absolute atomic E-state index is 0.0503. The summed E-state index contributed by atoms with van der Waals surface area (Å²) in [6, 6.07) is -0.215. The zero-order valence-corrected chi connectivity index (χ0v) is 11.0. The minimum Gasteiger partial charge on any atom is -0.480 e. The molecule has 2 N–H and O–H groups in total. The molecule has 0 aromatic rings. The molecule has 1 saturated heterocycles. The fourth-order valence-corrected chi connectivity index (χ4v) is 2.37. The summed E-state index contributed by atoms with van der Waals surface area (Å²) in [6.45, 7) is 2.16. The lowest BCUT2D eigenvalue weighted by Crippen LogP contribution is -2.55. The lowest BCUT2D eigenvalue weighted by Gasteiger charge is -2.38. The standard InChI is InChI=1S/C12H20N2O5/c1-8-4-13(5-10(7-15)19-8)12(18)14(6-11(16)17)9-2-3-9/h8-10,15H,2-7H2,1H3,(H,16,17). The number of aliphatic carboxylic acids is 1. The van der Waals surface area contributed by atoms with E-state index in [4.69, 9.17) is 14.9 Å². The molecule has 0 aromatic heterocycles. The summed E-state index contributed by atoms with van der Waals surface area (Å²) < 4.78 is 5.47. The van der Waals surface area contributed by atoms with Gasteiger partial charge in [0.1, 0.15) is 6.54 Å². The van der Waals surface area contributed by atoms with Crippen LogP contribution in [0.1, 0.15) is 19.8 Å². The molecule has 1 saturated carbocycles. The number of morpholine rings is 1. The third kappa shape index (κ3) is 3.57. The number of aliphatic hydroxyl groups excluding tert-OH is 1. The first kappa shape index (κ1) is 14.1. The summed E-state index contributed by atoms with van der Waals surface area (Å²) in [5, 5.41) is 18.0. The van der Waals surface area contributed by atoms with Crippen LogP contribution in [0, 0.1) is 0 Å². The Balaban J connectivity index is 2.01. The number of hydrogen-bond donors (Lipinski definition) is 2. The first-order valence-corrected chi connectivity index (χ1v) is 6.55. The van der Waals surface area contributed by atoms with Gasteiger partial charge in [-0.25, -0.2) is 4.79 Å². The molecule has 7 heteroatoms. The van der Waals surface area contributed by atoms with E-state index in [0.717, 1.165) is 12.8 Å². The highest BCUT2D eigenvalue weighted by Crippen LogP contribution is 2.28. The smallest absolute Gasteiger partial charge is 0.323 e. The van der Waals surface area contributed by atoms with Gasteiger partial charge in [-0.15, -0.1) is 0 Å². The zero-order chi connectivity index (χ0) is 14.0. The first-order chi connectivity index (χ1) is 9.01. The van der Waals surface area contributed by atoms with Crippen molar-refractivity contribution in [2.45, 2.75) is 38.0 Å². The van der Waals surface area contributed by atoms with Gasteiger partial charge < -0.3 is 24.7 Å². The number of urea groups is 1. The Morgan fingerprint density at radius 3 is 2.58 bits per heavy atom. The third-order valence-electron chi connectivity index (χ3n) is 3.34. The van der Waals surface area contributed by atoms with Crippen LogP contribution in [0.2, 0.25) is 0 Å². The molecule has 0 radical (unpaired) electrons. The highest BCUT2D eigenvalue weighted by atomic mass is 16.5. The summed E-state index contributed by atoms with van der Waals surface area (Å²) in [5.41, 5.74) is 0. The van der Waals surface area contributed by atoms with Crippen LogP contribution in [0.15, 0.2) is 0 Å². The molecule has 2 aliphatic rings. The van der Waals surface area contributed by atoms with Crippen LogP contribution in [0.5, 0.6) is 0 Å². The number of nitrogens with zero attached hydrogens (tertiary/aromatic N) is 2. The molecule has 7 nitrogen and oxygen atoms in total. The summed E-state index contributed by atoms with van der Waals surface area (Å²) in [4.78, 5) is 26.2. The van der Waals surface area contributed by atoms with Gasteiger partial charge in [0.05, 0.1) is 25.4 Å². The van der Waals surface area contributed by atoms with Crippen LogP contribution in [-0.2, 0) is 9.53 Å². The van der Waals surface area contributed by atoms with Gasteiger partial charge in [-0.05, 0) is 19.8 Å². The van der Waals surface area contributed by atoms with Gasteiger partial charge in [0.25, 0.3) is 0 Å². The Morgan fingerprint density at radius 1 is 1.37 bits per heavy atom. The molecule has 2 unspecified atom stereocenters. The Kier molecular flexibility index (Phi) is 4.26. The summed E-state index contributed by atoms with van der Waals surface area (Å²) in [7, 11) is 0. The number of hydrogen-bond acceptors (Lipinski definition) is 4. The van der Waals surface area contributed by atoms with Crippen molar-refractivity contribution in [3.63, 3.8) is 0 Å². The van der Waals surface area contributed by atoms with Crippen molar-refractivity contribution in [2.75, 3.05) is 26.2 Å². The normalized spacial score (nSPS) is 27.2. The predicted octanol–water partition coefficient (Wildman–Crippen LogP) is -0.263. The van der Waals surface area contributed by atoms with Crippen molar-refractivity contribution in [1.29, 1.82) is 0 Å². The number of aliphatic hydroxyl groups is 1. The predicted molar refractivity (Wildman–Crippen MR) is 65.8 cm³/mol. The highest BCUT2D eigenvalue weighted by molar-refractivity contribution is 5.81. The van der Waals surface area contributed by atoms with Crippen LogP contribution in [0.4, 0.5) is 4.79 Å². The van der Waals surface area contributed by atoms with Crippen molar-refractivity contribution >= 4 is 12.0 Å². The average molecular weight is 272 g/mol. The second kappa shape index (κ2) is 5.75. The second-order valence-corrected chi connectivity index (χ2v) is 5.19. The van der Waals surface area contributed by atoms with Gasteiger partial charge in [0.2, 0.25) is 0 Å². The van der Waals surface area contributed by atoms with Crippen molar-refractivity contribution < 1.29 is 24.5 Å². The molecule has 1 aliphatic carbocycles. The lowest BCUT2D eigenvalue weighted by atomic mass is 10.2. The molecular formula is C12H20N2O5. The molecule has 2 fully saturated rings. The molecule has 108 valence electrons.